The van der Waals surface area contributed by atoms with E-state index in [-0.39, 0.29) is 6.10 Å². The summed E-state index contributed by atoms with van der Waals surface area (Å²) in [6.07, 6.45) is 1.27. The van der Waals surface area contributed by atoms with E-state index in [1.807, 2.05) is 39.0 Å². The van der Waals surface area contributed by atoms with E-state index >= 15 is 0 Å². The number of aryl methyl sites for hydroxylation is 1. The zero-order valence-corrected chi connectivity index (χ0v) is 8.91. The highest BCUT2D eigenvalue weighted by Gasteiger charge is 2.06. The SMILES string of the molecule is Cc1cccc(OC(C)CC=O)c1C. The van der Waals surface area contributed by atoms with Crippen LogP contribution in [0.5, 0.6) is 5.75 Å². The van der Waals surface area contributed by atoms with Crippen molar-refractivity contribution < 1.29 is 9.53 Å². The summed E-state index contributed by atoms with van der Waals surface area (Å²) in [5.41, 5.74) is 2.35. The minimum atomic E-state index is -0.0481. The molecule has 1 aromatic carbocycles. The fraction of sp³-hybridized carbons (Fsp3) is 0.417. The lowest BCUT2D eigenvalue weighted by Crippen LogP contribution is -2.12. The van der Waals surface area contributed by atoms with Crippen molar-refractivity contribution in [1.82, 2.24) is 0 Å². The Labute approximate surface area is 84.9 Å². The molecule has 0 aromatic heterocycles. The first-order valence-corrected chi connectivity index (χ1v) is 4.81. The number of rotatable bonds is 4. The maximum atomic E-state index is 10.3. The summed E-state index contributed by atoms with van der Waals surface area (Å²) in [5, 5.41) is 0. The van der Waals surface area contributed by atoms with Gasteiger partial charge in [0.15, 0.2) is 0 Å². The van der Waals surface area contributed by atoms with Crippen LogP contribution in [0.4, 0.5) is 0 Å². The lowest BCUT2D eigenvalue weighted by atomic mass is 10.1. The van der Waals surface area contributed by atoms with Crippen molar-refractivity contribution in [3.05, 3.63) is 29.3 Å². The van der Waals surface area contributed by atoms with E-state index in [1.54, 1.807) is 0 Å². The number of carbonyl (C=O) groups is 1. The van der Waals surface area contributed by atoms with Crippen LogP contribution in [0.15, 0.2) is 18.2 Å². The summed E-state index contributed by atoms with van der Waals surface area (Å²) in [4.78, 5) is 10.3. The van der Waals surface area contributed by atoms with Crippen molar-refractivity contribution in [2.75, 3.05) is 0 Å². The average Bonchev–Trinajstić information content (AvgIpc) is 2.13. The highest BCUT2D eigenvalue weighted by atomic mass is 16.5. The Balaban J connectivity index is 2.76. The molecule has 76 valence electrons. The molecule has 0 N–H and O–H groups in total. The molecule has 0 saturated carbocycles. The van der Waals surface area contributed by atoms with Gasteiger partial charge in [-0.05, 0) is 38.0 Å². The van der Waals surface area contributed by atoms with Crippen molar-refractivity contribution in [2.45, 2.75) is 33.3 Å². The zero-order valence-electron chi connectivity index (χ0n) is 8.91. The monoisotopic (exact) mass is 192 g/mol. The molecule has 1 unspecified atom stereocenters. The first-order valence-electron chi connectivity index (χ1n) is 4.81. The molecule has 0 amide bonds. The molecule has 0 saturated heterocycles. The Morgan fingerprint density at radius 2 is 2.14 bits per heavy atom. The first kappa shape index (κ1) is 10.8. The molecule has 2 heteroatoms. The number of ether oxygens (including phenoxy) is 1. The summed E-state index contributed by atoms with van der Waals surface area (Å²) in [6, 6.07) is 5.95. The third-order valence-electron chi connectivity index (χ3n) is 2.31. The second-order valence-electron chi connectivity index (χ2n) is 3.53. The zero-order chi connectivity index (χ0) is 10.6. The maximum absolute atomic E-state index is 10.3. The van der Waals surface area contributed by atoms with Gasteiger partial charge in [0, 0.05) is 6.42 Å². The van der Waals surface area contributed by atoms with Crippen LogP contribution >= 0.6 is 0 Å². The van der Waals surface area contributed by atoms with Crippen LogP contribution in [-0.4, -0.2) is 12.4 Å². The average molecular weight is 192 g/mol. The Morgan fingerprint density at radius 3 is 2.79 bits per heavy atom. The fourth-order valence-electron chi connectivity index (χ4n) is 1.25. The van der Waals surface area contributed by atoms with Gasteiger partial charge in [0.25, 0.3) is 0 Å². The van der Waals surface area contributed by atoms with Crippen LogP contribution < -0.4 is 4.74 Å². The van der Waals surface area contributed by atoms with Crippen molar-refractivity contribution >= 4 is 6.29 Å². The summed E-state index contributed by atoms with van der Waals surface area (Å²) in [6.45, 7) is 5.97. The largest absolute Gasteiger partial charge is 0.490 e. The van der Waals surface area contributed by atoms with Gasteiger partial charge in [-0.3, -0.25) is 0 Å². The van der Waals surface area contributed by atoms with E-state index in [1.165, 1.54) is 5.56 Å². The van der Waals surface area contributed by atoms with E-state index in [4.69, 9.17) is 4.74 Å². The smallest absolute Gasteiger partial charge is 0.123 e. The molecule has 0 fully saturated rings. The van der Waals surface area contributed by atoms with Crippen LogP contribution in [0.25, 0.3) is 0 Å². The molecule has 1 rings (SSSR count). The van der Waals surface area contributed by atoms with Crippen LogP contribution in [-0.2, 0) is 4.79 Å². The Hall–Kier alpha value is -1.31. The van der Waals surface area contributed by atoms with E-state index in [0.717, 1.165) is 17.6 Å². The number of aldehydes is 1. The molecular weight excluding hydrogens is 176 g/mol. The molecule has 0 bridgehead atoms. The second-order valence-corrected chi connectivity index (χ2v) is 3.53. The molecule has 1 atom stereocenters. The van der Waals surface area contributed by atoms with Gasteiger partial charge < -0.3 is 9.53 Å². The molecule has 0 radical (unpaired) electrons. The van der Waals surface area contributed by atoms with Gasteiger partial charge >= 0.3 is 0 Å². The van der Waals surface area contributed by atoms with Crippen LogP contribution in [0.2, 0.25) is 0 Å². The highest BCUT2D eigenvalue weighted by Crippen LogP contribution is 2.21. The topological polar surface area (TPSA) is 26.3 Å². The van der Waals surface area contributed by atoms with Gasteiger partial charge in [-0.15, -0.1) is 0 Å². The molecule has 0 heterocycles. The lowest BCUT2D eigenvalue weighted by Gasteiger charge is -2.15. The predicted molar refractivity (Wildman–Crippen MR) is 56.7 cm³/mol. The van der Waals surface area contributed by atoms with Crippen LogP contribution in [0.1, 0.15) is 24.5 Å². The third kappa shape index (κ3) is 2.59. The van der Waals surface area contributed by atoms with Crippen molar-refractivity contribution in [1.29, 1.82) is 0 Å². The van der Waals surface area contributed by atoms with Crippen molar-refractivity contribution in [2.24, 2.45) is 0 Å². The standard InChI is InChI=1S/C12H16O2/c1-9-5-4-6-12(11(9)3)14-10(2)7-8-13/h4-6,8,10H,7H2,1-3H3. The second kappa shape index (κ2) is 4.80. The van der Waals surface area contributed by atoms with E-state index < -0.39 is 0 Å². The Bertz CT molecular complexity index is 318. The quantitative estimate of drug-likeness (QED) is 0.685. The van der Waals surface area contributed by atoms with Crippen LogP contribution in [0.3, 0.4) is 0 Å². The van der Waals surface area contributed by atoms with Gasteiger partial charge in [-0.25, -0.2) is 0 Å². The third-order valence-corrected chi connectivity index (χ3v) is 2.31. The number of hydrogen-bond acceptors (Lipinski definition) is 2. The van der Waals surface area contributed by atoms with E-state index in [9.17, 15) is 4.79 Å². The van der Waals surface area contributed by atoms with E-state index in [0.29, 0.717) is 6.42 Å². The number of carbonyl (C=O) groups excluding carboxylic acids is 1. The fourth-order valence-corrected chi connectivity index (χ4v) is 1.25. The van der Waals surface area contributed by atoms with Gasteiger partial charge in [-0.2, -0.15) is 0 Å². The summed E-state index contributed by atoms with van der Waals surface area (Å²) < 4.78 is 5.64. The minimum Gasteiger partial charge on any atom is -0.490 e. The lowest BCUT2D eigenvalue weighted by molar-refractivity contribution is -0.109. The van der Waals surface area contributed by atoms with Crippen molar-refractivity contribution in [3.8, 4) is 5.75 Å². The predicted octanol–water partition coefficient (Wildman–Crippen LogP) is 2.66. The molecule has 1 aromatic rings. The minimum absolute atomic E-state index is 0.0481. The molecule has 0 aliphatic carbocycles. The molecular formula is C12H16O2. The number of benzene rings is 1. The molecule has 0 spiro atoms. The Morgan fingerprint density at radius 1 is 1.43 bits per heavy atom. The molecule has 14 heavy (non-hydrogen) atoms. The van der Waals surface area contributed by atoms with Crippen molar-refractivity contribution in [3.63, 3.8) is 0 Å². The Kier molecular flexibility index (Phi) is 3.69. The van der Waals surface area contributed by atoms with E-state index in [2.05, 4.69) is 0 Å². The maximum Gasteiger partial charge on any atom is 0.123 e. The van der Waals surface area contributed by atoms with Gasteiger partial charge in [0.1, 0.15) is 18.1 Å². The molecule has 0 aliphatic rings. The van der Waals surface area contributed by atoms with Gasteiger partial charge in [0.05, 0.1) is 0 Å². The van der Waals surface area contributed by atoms with Crippen LogP contribution in [0, 0.1) is 13.8 Å². The molecule has 0 aliphatic heterocycles. The molecule has 2 nitrogen and oxygen atoms in total. The summed E-state index contributed by atoms with van der Waals surface area (Å²) in [7, 11) is 0. The normalized spacial score (nSPS) is 12.2. The first-order chi connectivity index (χ1) is 6.65. The highest BCUT2D eigenvalue weighted by molar-refractivity contribution is 5.50. The van der Waals surface area contributed by atoms with Gasteiger partial charge in [-0.1, -0.05) is 12.1 Å². The van der Waals surface area contributed by atoms with Gasteiger partial charge in [0.2, 0.25) is 0 Å². The number of hydrogen-bond donors (Lipinski definition) is 0. The summed E-state index contributed by atoms with van der Waals surface area (Å²) >= 11 is 0. The summed E-state index contributed by atoms with van der Waals surface area (Å²) in [5.74, 6) is 0.874.